The fourth-order valence-corrected chi connectivity index (χ4v) is 3.79. The van der Waals surface area contributed by atoms with Gasteiger partial charge >= 0.3 is 0 Å². The van der Waals surface area contributed by atoms with Gasteiger partial charge in [-0.2, -0.15) is 0 Å². The van der Waals surface area contributed by atoms with Crippen molar-refractivity contribution in [1.82, 2.24) is 15.5 Å². The standard InChI is InChI=1S/C22H37N3O2/c1-4-21(18(2)17-19-7-9-20(27-3)10-8-19)24-12-5-6-15-25-16-14-23-13-11-22(25)26/h7-10,18,21,23-24H,4-6,11-17H2,1-3H3. The summed E-state index contributed by atoms with van der Waals surface area (Å²) in [5, 5.41) is 7.02. The molecule has 1 aliphatic rings. The molecule has 0 aromatic heterocycles. The van der Waals surface area contributed by atoms with Crippen molar-refractivity contribution in [3.63, 3.8) is 0 Å². The summed E-state index contributed by atoms with van der Waals surface area (Å²) in [7, 11) is 1.70. The van der Waals surface area contributed by atoms with Gasteiger partial charge in [-0.3, -0.25) is 4.79 Å². The minimum Gasteiger partial charge on any atom is -0.497 e. The molecule has 1 heterocycles. The highest BCUT2D eigenvalue weighted by atomic mass is 16.5. The second-order valence-corrected chi connectivity index (χ2v) is 7.59. The van der Waals surface area contributed by atoms with E-state index in [0.717, 1.165) is 64.2 Å². The number of carbonyl (C=O) groups is 1. The first-order valence-electron chi connectivity index (χ1n) is 10.5. The molecule has 5 nitrogen and oxygen atoms in total. The summed E-state index contributed by atoms with van der Waals surface area (Å²) in [6.07, 6.45) is 5.03. The van der Waals surface area contributed by atoms with Gasteiger partial charge in [-0.25, -0.2) is 0 Å². The van der Waals surface area contributed by atoms with E-state index in [1.54, 1.807) is 7.11 Å². The molecule has 2 rings (SSSR count). The number of nitrogens with one attached hydrogen (secondary N) is 2. The number of rotatable bonds is 11. The van der Waals surface area contributed by atoms with Crippen molar-refractivity contribution < 1.29 is 9.53 Å². The molecule has 27 heavy (non-hydrogen) atoms. The van der Waals surface area contributed by atoms with E-state index in [9.17, 15) is 4.79 Å². The molecule has 0 spiro atoms. The zero-order valence-electron chi connectivity index (χ0n) is 17.3. The predicted octanol–water partition coefficient (Wildman–Crippen LogP) is 2.84. The summed E-state index contributed by atoms with van der Waals surface area (Å²) in [6, 6.07) is 8.92. The van der Waals surface area contributed by atoms with E-state index < -0.39 is 0 Å². The smallest absolute Gasteiger partial charge is 0.223 e. The second kappa shape index (κ2) is 12.0. The maximum atomic E-state index is 12.0. The fraction of sp³-hybridized carbons (Fsp3) is 0.682. The van der Waals surface area contributed by atoms with E-state index in [-0.39, 0.29) is 0 Å². The number of benzene rings is 1. The van der Waals surface area contributed by atoms with Crippen molar-refractivity contribution >= 4 is 5.91 Å². The number of methoxy groups -OCH3 is 1. The molecule has 5 heteroatoms. The Balaban J connectivity index is 1.67. The molecule has 1 aliphatic heterocycles. The summed E-state index contributed by atoms with van der Waals surface area (Å²) in [6.45, 7) is 9.08. The summed E-state index contributed by atoms with van der Waals surface area (Å²) < 4.78 is 5.24. The Morgan fingerprint density at radius 2 is 2.00 bits per heavy atom. The highest BCUT2D eigenvalue weighted by Crippen LogP contribution is 2.17. The number of ether oxygens (including phenoxy) is 1. The van der Waals surface area contributed by atoms with Gasteiger partial charge in [0.2, 0.25) is 5.91 Å². The zero-order valence-corrected chi connectivity index (χ0v) is 17.3. The van der Waals surface area contributed by atoms with Crippen LogP contribution in [0.5, 0.6) is 5.75 Å². The molecule has 1 aromatic carbocycles. The zero-order chi connectivity index (χ0) is 19.5. The van der Waals surface area contributed by atoms with Crippen molar-refractivity contribution in [1.29, 1.82) is 0 Å². The van der Waals surface area contributed by atoms with Crippen LogP contribution in [0.4, 0.5) is 0 Å². The normalized spacial score (nSPS) is 17.4. The molecule has 1 fully saturated rings. The Morgan fingerprint density at radius 3 is 2.70 bits per heavy atom. The fourth-order valence-electron chi connectivity index (χ4n) is 3.79. The number of hydrogen-bond donors (Lipinski definition) is 2. The van der Waals surface area contributed by atoms with Crippen molar-refractivity contribution in [2.75, 3.05) is 39.8 Å². The second-order valence-electron chi connectivity index (χ2n) is 7.59. The average Bonchev–Trinajstić information content (AvgIpc) is 2.89. The van der Waals surface area contributed by atoms with Crippen LogP contribution in [0.1, 0.15) is 45.1 Å². The van der Waals surface area contributed by atoms with Gasteiger partial charge in [-0.1, -0.05) is 26.0 Å². The quantitative estimate of drug-likeness (QED) is 0.584. The van der Waals surface area contributed by atoms with Gasteiger partial charge in [0, 0.05) is 38.6 Å². The summed E-state index contributed by atoms with van der Waals surface area (Å²) in [5.74, 6) is 1.80. The van der Waals surface area contributed by atoms with Gasteiger partial charge in [0.25, 0.3) is 0 Å². The van der Waals surface area contributed by atoms with E-state index >= 15 is 0 Å². The SMILES string of the molecule is CCC(NCCCCN1CCNCCC1=O)C(C)Cc1ccc(OC)cc1. The Bertz CT molecular complexity index is 547. The van der Waals surface area contributed by atoms with E-state index in [2.05, 4.69) is 36.6 Å². The highest BCUT2D eigenvalue weighted by molar-refractivity contribution is 5.76. The molecule has 1 aromatic rings. The number of hydrogen-bond acceptors (Lipinski definition) is 4. The molecule has 1 amide bonds. The molecule has 2 atom stereocenters. The number of carbonyl (C=O) groups excluding carboxylic acids is 1. The molecule has 0 saturated carbocycles. The first kappa shape index (κ1) is 21.7. The number of amides is 1. The van der Waals surface area contributed by atoms with Gasteiger partial charge in [-0.15, -0.1) is 0 Å². The van der Waals surface area contributed by atoms with Crippen LogP contribution in [-0.2, 0) is 11.2 Å². The van der Waals surface area contributed by atoms with Crippen molar-refractivity contribution in [2.24, 2.45) is 5.92 Å². The van der Waals surface area contributed by atoms with Gasteiger partial charge in [0.15, 0.2) is 0 Å². The monoisotopic (exact) mass is 375 g/mol. The molecule has 0 radical (unpaired) electrons. The lowest BCUT2D eigenvalue weighted by molar-refractivity contribution is -0.130. The lowest BCUT2D eigenvalue weighted by Gasteiger charge is -2.25. The Labute approximate surface area is 164 Å². The maximum absolute atomic E-state index is 12.0. The van der Waals surface area contributed by atoms with E-state index in [4.69, 9.17) is 4.74 Å². The van der Waals surface area contributed by atoms with Gasteiger partial charge in [0.1, 0.15) is 5.75 Å². The molecule has 2 unspecified atom stereocenters. The lowest BCUT2D eigenvalue weighted by Crippen LogP contribution is -2.37. The average molecular weight is 376 g/mol. The summed E-state index contributed by atoms with van der Waals surface area (Å²) in [4.78, 5) is 14.0. The van der Waals surface area contributed by atoms with Gasteiger partial charge < -0.3 is 20.3 Å². The van der Waals surface area contributed by atoms with Crippen molar-refractivity contribution in [3.05, 3.63) is 29.8 Å². The van der Waals surface area contributed by atoms with E-state index in [0.29, 0.717) is 24.3 Å². The van der Waals surface area contributed by atoms with Crippen LogP contribution in [-0.4, -0.2) is 56.7 Å². The molecule has 0 aliphatic carbocycles. The van der Waals surface area contributed by atoms with Crippen LogP contribution < -0.4 is 15.4 Å². The van der Waals surface area contributed by atoms with Crippen LogP contribution in [0.2, 0.25) is 0 Å². The Hall–Kier alpha value is -1.59. The highest BCUT2D eigenvalue weighted by Gasteiger charge is 2.17. The van der Waals surface area contributed by atoms with Crippen LogP contribution in [0.25, 0.3) is 0 Å². The minimum atomic E-state index is 0.299. The van der Waals surface area contributed by atoms with Crippen LogP contribution in [0.3, 0.4) is 0 Å². The van der Waals surface area contributed by atoms with Crippen LogP contribution in [0.15, 0.2) is 24.3 Å². The first-order chi connectivity index (χ1) is 13.1. The third-order valence-electron chi connectivity index (χ3n) is 5.53. The third-order valence-corrected chi connectivity index (χ3v) is 5.53. The number of unbranched alkanes of at least 4 members (excludes halogenated alkanes) is 1. The van der Waals surface area contributed by atoms with Gasteiger partial charge in [0.05, 0.1) is 7.11 Å². The molecular weight excluding hydrogens is 338 g/mol. The lowest BCUT2D eigenvalue weighted by atomic mass is 9.92. The minimum absolute atomic E-state index is 0.299. The predicted molar refractivity (Wildman–Crippen MR) is 111 cm³/mol. The van der Waals surface area contributed by atoms with E-state index in [1.165, 1.54) is 5.56 Å². The summed E-state index contributed by atoms with van der Waals surface area (Å²) in [5.41, 5.74) is 1.36. The molecule has 2 N–H and O–H groups in total. The Kier molecular flexibility index (Phi) is 9.64. The first-order valence-corrected chi connectivity index (χ1v) is 10.5. The van der Waals surface area contributed by atoms with Crippen molar-refractivity contribution in [3.8, 4) is 5.75 Å². The third kappa shape index (κ3) is 7.51. The molecule has 0 bridgehead atoms. The Morgan fingerprint density at radius 1 is 1.22 bits per heavy atom. The largest absolute Gasteiger partial charge is 0.497 e. The van der Waals surface area contributed by atoms with Crippen LogP contribution >= 0.6 is 0 Å². The van der Waals surface area contributed by atoms with Crippen LogP contribution in [0, 0.1) is 5.92 Å². The van der Waals surface area contributed by atoms with Crippen molar-refractivity contribution in [2.45, 2.75) is 52.0 Å². The summed E-state index contributed by atoms with van der Waals surface area (Å²) >= 11 is 0. The maximum Gasteiger partial charge on any atom is 0.223 e. The topological polar surface area (TPSA) is 53.6 Å². The molecular formula is C22H37N3O2. The van der Waals surface area contributed by atoms with E-state index in [1.807, 2.05) is 17.0 Å². The van der Waals surface area contributed by atoms with Gasteiger partial charge in [-0.05, 0) is 55.8 Å². The number of nitrogens with zero attached hydrogens (tertiary/aromatic N) is 1. The molecule has 152 valence electrons. The molecule has 1 saturated heterocycles.